The lowest BCUT2D eigenvalue weighted by Gasteiger charge is -2.62. The van der Waals surface area contributed by atoms with Gasteiger partial charge in [-0.05, 0) is 117 Å². The normalized spacial score (nSPS) is 43.8. The smallest absolute Gasteiger partial charge is 0.0625 e. The Morgan fingerprint density at radius 1 is 0.969 bits per heavy atom. The molecule has 4 aliphatic rings. The molecule has 0 saturated heterocycles. The highest BCUT2D eigenvalue weighted by Gasteiger charge is 2.63. The Morgan fingerprint density at radius 3 is 2.34 bits per heavy atom. The van der Waals surface area contributed by atoms with Crippen LogP contribution in [0.15, 0.2) is 22.8 Å². The highest BCUT2D eigenvalue weighted by atomic mass is 16.5. The van der Waals surface area contributed by atoms with Crippen LogP contribution in [0.2, 0.25) is 0 Å². The fourth-order valence-electron chi connectivity index (χ4n) is 9.87. The van der Waals surface area contributed by atoms with Gasteiger partial charge in [0.05, 0.1) is 6.10 Å². The molecule has 4 rings (SSSR count). The van der Waals surface area contributed by atoms with Gasteiger partial charge < -0.3 is 4.74 Å². The van der Waals surface area contributed by atoms with Crippen molar-refractivity contribution in [3.63, 3.8) is 0 Å². The summed E-state index contributed by atoms with van der Waals surface area (Å²) in [6.07, 6.45) is 16.4. The van der Waals surface area contributed by atoms with Gasteiger partial charge in [0.1, 0.15) is 0 Å². The maximum atomic E-state index is 6.01. The van der Waals surface area contributed by atoms with Gasteiger partial charge in [0, 0.05) is 7.11 Å². The van der Waals surface area contributed by atoms with Crippen molar-refractivity contribution in [2.75, 3.05) is 7.11 Å². The predicted octanol–water partition coefficient (Wildman–Crippen LogP) is 9.13. The van der Waals surface area contributed by atoms with Crippen LogP contribution in [0.25, 0.3) is 0 Å². The molecule has 4 aliphatic carbocycles. The van der Waals surface area contributed by atoms with E-state index in [2.05, 4.69) is 61.5 Å². The van der Waals surface area contributed by atoms with Crippen molar-refractivity contribution in [2.45, 2.75) is 126 Å². The zero-order valence-electron chi connectivity index (χ0n) is 22.9. The molecule has 1 nitrogen and oxygen atoms in total. The number of allylic oxidation sites excluding steroid dienone is 4. The quantitative estimate of drug-likeness (QED) is 0.387. The summed E-state index contributed by atoms with van der Waals surface area (Å²) < 4.78 is 6.01. The maximum Gasteiger partial charge on any atom is 0.0625 e. The third-order valence-electron chi connectivity index (χ3n) is 11.9. The van der Waals surface area contributed by atoms with Crippen molar-refractivity contribution in [1.29, 1.82) is 0 Å². The van der Waals surface area contributed by atoms with Crippen LogP contribution in [-0.4, -0.2) is 13.2 Å². The number of ether oxygens (including phenoxy) is 1. The summed E-state index contributed by atoms with van der Waals surface area (Å²) >= 11 is 0. The molecule has 0 aromatic rings. The third kappa shape index (κ3) is 3.42. The number of hydrogen-bond donors (Lipinski definition) is 0. The first-order chi connectivity index (χ1) is 14.9. The van der Waals surface area contributed by atoms with Gasteiger partial charge in [-0.15, -0.1) is 0 Å². The van der Waals surface area contributed by atoms with Crippen LogP contribution in [0, 0.1) is 39.4 Å². The zero-order valence-corrected chi connectivity index (χ0v) is 22.9. The molecule has 7 atom stereocenters. The first kappa shape index (κ1) is 24.6. The van der Waals surface area contributed by atoms with Gasteiger partial charge >= 0.3 is 0 Å². The number of hydrogen-bond acceptors (Lipinski definition) is 1. The Bertz CT molecular complexity index is 782. The monoisotopic (exact) mass is 440 g/mol. The molecule has 0 radical (unpaired) electrons. The van der Waals surface area contributed by atoms with Gasteiger partial charge in [-0.25, -0.2) is 0 Å². The Balaban J connectivity index is 1.64. The van der Waals surface area contributed by atoms with E-state index >= 15 is 0 Å². The van der Waals surface area contributed by atoms with E-state index in [-0.39, 0.29) is 5.41 Å². The van der Waals surface area contributed by atoms with Crippen molar-refractivity contribution >= 4 is 0 Å². The average molecular weight is 441 g/mol. The zero-order chi connectivity index (χ0) is 23.5. The second kappa shape index (κ2) is 8.28. The minimum absolute atomic E-state index is 0.277. The number of fused-ring (bicyclic) bond motifs is 4. The Hall–Kier alpha value is -0.560. The van der Waals surface area contributed by atoms with Gasteiger partial charge in [-0.3, -0.25) is 0 Å². The Labute approximate surface area is 199 Å². The van der Waals surface area contributed by atoms with E-state index < -0.39 is 0 Å². The third-order valence-corrected chi connectivity index (χ3v) is 11.9. The second-order valence-electron chi connectivity index (χ2n) is 13.8. The number of rotatable bonds is 5. The summed E-state index contributed by atoms with van der Waals surface area (Å²) in [5.41, 5.74) is 6.89. The first-order valence-electron chi connectivity index (χ1n) is 13.8. The molecule has 0 aromatic heterocycles. The standard InChI is InChI=1S/C31H52O/c1-21(2)11-10-12-22(3)23-15-19-31(8)25-13-14-26-28(4,5)27(32-9)17-18-29(26,6)24(25)16-20-30(23,31)7/h11,22-23,26-27H,10,12-20H2,1-9H3/t22?,23?,26?,27?,29?,30?,31-/m0/s1. The van der Waals surface area contributed by atoms with Crippen LogP contribution < -0.4 is 0 Å². The number of methoxy groups -OCH3 is 1. The molecular weight excluding hydrogens is 388 g/mol. The Morgan fingerprint density at radius 2 is 1.69 bits per heavy atom. The minimum Gasteiger partial charge on any atom is -0.381 e. The molecule has 0 heterocycles. The summed E-state index contributed by atoms with van der Waals surface area (Å²) in [5, 5.41) is 0. The topological polar surface area (TPSA) is 9.23 Å². The molecule has 32 heavy (non-hydrogen) atoms. The summed E-state index contributed by atoms with van der Waals surface area (Å²) in [4.78, 5) is 0. The van der Waals surface area contributed by atoms with E-state index in [4.69, 9.17) is 4.74 Å². The predicted molar refractivity (Wildman–Crippen MR) is 138 cm³/mol. The van der Waals surface area contributed by atoms with Crippen molar-refractivity contribution in [1.82, 2.24) is 0 Å². The van der Waals surface area contributed by atoms with E-state index in [1.807, 2.05) is 18.3 Å². The average Bonchev–Trinajstić information content (AvgIpc) is 2.99. The largest absolute Gasteiger partial charge is 0.381 e. The van der Waals surface area contributed by atoms with Gasteiger partial charge in [0.15, 0.2) is 0 Å². The van der Waals surface area contributed by atoms with Crippen molar-refractivity contribution in [3.05, 3.63) is 22.8 Å². The lowest BCUT2D eigenvalue weighted by Crippen LogP contribution is -2.55. The SMILES string of the molecule is COC1CCC2(C)C3=C(CCC2C1(C)C)[C@]1(C)CCC(C(C)CCC=C(C)C)C1(C)CC3. The van der Waals surface area contributed by atoms with E-state index in [0.717, 1.165) is 17.8 Å². The Kier molecular flexibility index (Phi) is 6.36. The van der Waals surface area contributed by atoms with Crippen LogP contribution in [0.1, 0.15) is 120 Å². The molecule has 182 valence electrons. The summed E-state index contributed by atoms with van der Waals surface area (Å²) in [6, 6.07) is 0. The second-order valence-corrected chi connectivity index (χ2v) is 13.8. The van der Waals surface area contributed by atoms with Crippen LogP contribution in [0.4, 0.5) is 0 Å². The van der Waals surface area contributed by atoms with Crippen molar-refractivity contribution in [2.24, 2.45) is 39.4 Å². The molecule has 0 bridgehead atoms. The van der Waals surface area contributed by atoms with Crippen LogP contribution in [-0.2, 0) is 4.74 Å². The summed E-state index contributed by atoms with van der Waals surface area (Å²) in [7, 11) is 1.94. The van der Waals surface area contributed by atoms with E-state index in [1.165, 1.54) is 69.8 Å². The first-order valence-corrected chi connectivity index (χ1v) is 13.8. The lowest BCUT2D eigenvalue weighted by molar-refractivity contribution is -0.112. The molecule has 1 heteroatoms. The van der Waals surface area contributed by atoms with E-state index in [9.17, 15) is 0 Å². The lowest BCUT2D eigenvalue weighted by atomic mass is 9.43. The van der Waals surface area contributed by atoms with Gasteiger partial charge in [-0.1, -0.05) is 64.3 Å². The van der Waals surface area contributed by atoms with Crippen LogP contribution in [0.5, 0.6) is 0 Å². The molecule has 0 spiro atoms. The highest BCUT2D eigenvalue weighted by molar-refractivity contribution is 5.38. The van der Waals surface area contributed by atoms with E-state index in [1.54, 1.807) is 0 Å². The molecule has 2 saturated carbocycles. The van der Waals surface area contributed by atoms with Gasteiger partial charge in [0.25, 0.3) is 0 Å². The maximum absolute atomic E-state index is 6.01. The van der Waals surface area contributed by atoms with Crippen LogP contribution in [0.3, 0.4) is 0 Å². The highest BCUT2D eigenvalue weighted by Crippen LogP contribution is 2.72. The molecule has 0 aromatic carbocycles. The fraction of sp³-hybridized carbons (Fsp3) is 0.871. The van der Waals surface area contributed by atoms with Crippen molar-refractivity contribution in [3.8, 4) is 0 Å². The summed E-state index contributed by atoms with van der Waals surface area (Å²) in [5.74, 6) is 2.49. The minimum atomic E-state index is 0.277. The summed E-state index contributed by atoms with van der Waals surface area (Å²) in [6.45, 7) is 20.1. The fourth-order valence-corrected chi connectivity index (χ4v) is 9.87. The molecule has 0 N–H and O–H groups in total. The van der Waals surface area contributed by atoms with Gasteiger partial charge in [0.2, 0.25) is 0 Å². The molecule has 2 fully saturated rings. The molecule has 6 unspecified atom stereocenters. The van der Waals surface area contributed by atoms with Crippen molar-refractivity contribution < 1.29 is 4.74 Å². The van der Waals surface area contributed by atoms with Crippen LogP contribution >= 0.6 is 0 Å². The van der Waals surface area contributed by atoms with E-state index in [0.29, 0.717) is 22.3 Å². The molecular formula is C31H52O. The molecule has 0 aliphatic heterocycles. The van der Waals surface area contributed by atoms with Gasteiger partial charge in [-0.2, -0.15) is 0 Å². The molecule has 0 amide bonds.